The highest BCUT2D eigenvalue weighted by Gasteiger charge is 2.25. The second-order valence-electron chi connectivity index (χ2n) is 5.90. The molecule has 21 heavy (non-hydrogen) atoms. The van der Waals surface area contributed by atoms with E-state index in [-0.39, 0.29) is 12.5 Å². The summed E-state index contributed by atoms with van der Waals surface area (Å²) in [6.45, 7) is 4.36. The van der Waals surface area contributed by atoms with Gasteiger partial charge in [0.1, 0.15) is 0 Å². The number of rotatable bonds is 7. The molecular weight excluding hydrogens is 264 g/mol. The fourth-order valence-corrected chi connectivity index (χ4v) is 3.02. The third kappa shape index (κ3) is 5.14. The van der Waals surface area contributed by atoms with Crippen molar-refractivity contribution in [2.24, 2.45) is 0 Å². The second kappa shape index (κ2) is 8.15. The van der Waals surface area contributed by atoms with E-state index in [9.17, 15) is 4.79 Å². The predicted octanol–water partition coefficient (Wildman–Crippen LogP) is 1.85. The Kier molecular flexibility index (Phi) is 6.21. The molecule has 1 amide bonds. The first kappa shape index (κ1) is 16.0. The Hall–Kier alpha value is -1.39. The fourth-order valence-electron chi connectivity index (χ4n) is 3.02. The average molecular weight is 290 g/mol. The van der Waals surface area contributed by atoms with Gasteiger partial charge in [-0.2, -0.15) is 0 Å². The molecule has 1 saturated heterocycles. The molecular formula is C17H26N2O2. The summed E-state index contributed by atoms with van der Waals surface area (Å²) in [6, 6.07) is 8.67. The minimum Gasteiger partial charge on any atom is -0.396 e. The van der Waals surface area contributed by atoms with Gasteiger partial charge in [0.05, 0.1) is 6.54 Å². The largest absolute Gasteiger partial charge is 0.396 e. The molecule has 1 heterocycles. The molecule has 0 saturated carbocycles. The van der Waals surface area contributed by atoms with E-state index in [4.69, 9.17) is 5.11 Å². The van der Waals surface area contributed by atoms with E-state index in [1.807, 2.05) is 12.1 Å². The second-order valence-corrected chi connectivity index (χ2v) is 5.90. The maximum Gasteiger partial charge on any atom is 0.234 e. The van der Waals surface area contributed by atoms with Crippen LogP contribution in [0.25, 0.3) is 0 Å². The van der Waals surface area contributed by atoms with E-state index >= 15 is 0 Å². The van der Waals surface area contributed by atoms with Crippen LogP contribution in [0.5, 0.6) is 0 Å². The zero-order chi connectivity index (χ0) is 15.1. The Labute approximate surface area is 127 Å². The van der Waals surface area contributed by atoms with E-state index in [1.165, 1.54) is 5.56 Å². The number of likely N-dealkylation sites (tertiary alicyclic amines) is 1. The fraction of sp³-hybridized carbons (Fsp3) is 0.588. The van der Waals surface area contributed by atoms with Crippen LogP contribution in [-0.2, 0) is 11.3 Å². The van der Waals surface area contributed by atoms with Gasteiger partial charge >= 0.3 is 0 Å². The number of nitrogens with zero attached hydrogens (tertiary/aromatic N) is 1. The highest BCUT2D eigenvalue weighted by Crippen LogP contribution is 2.20. The maximum absolute atomic E-state index is 12.1. The number of nitrogens with one attached hydrogen (secondary N) is 1. The number of carbonyl (C=O) groups is 1. The molecule has 1 aromatic rings. The van der Waals surface area contributed by atoms with E-state index in [1.54, 1.807) is 0 Å². The van der Waals surface area contributed by atoms with Gasteiger partial charge in [0.2, 0.25) is 5.91 Å². The highest BCUT2D eigenvalue weighted by molar-refractivity contribution is 5.78. The van der Waals surface area contributed by atoms with Gasteiger partial charge in [-0.15, -0.1) is 0 Å². The Morgan fingerprint density at radius 3 is 3.10 bits per heavy atom. The summed E-state index contributed by atoms with van der Waals surface area (Å²) < 4.78 is 0. The number of carbonyl (C=O) groups excluding carboxylic acids is 1. The van der Waals surface area contributed by atoms with Crippen LogP contribution >= 0.6 is 0 Å². The van der Waals surface area contributed by atoms with Crippen molar-refractivity contribution in [2.45, 2.75) is 45.2 Å². The van der Waals surface area contributed by atoms with Crippen LogP contribution in [0.3, 0.4) is 0 Å². The standard InChI is InChI=1S/C17H26N2O2/c1-14-5-2-6-15(11-14)12-18-17(21)13-19-9-3-7-16(19)8-4-10-20/h2,5-6,11,16,20H,3-4,7-10,12-13H2,1H3,(H,18,21). The predicted molar refractivity (Wildman–Crippen MR) is 83.9 cm³/mol. The minimum atomic E-state index is 0.0902. The quantitative estimate of drug-likeness (QED) is 0.806. The van der Waals surface area contributed by atoms with Crippen molar-refractivity contribution in [3.05, 3.63) is 35.4 Å². The molecule has 1 aromatic carbocycles. The van der Waals surface area contributed by atoms with Crippen LogP contribution in [0.4, 0.5) is 0 Å². The maximum atomic E-state index is 12.1. The summed E-state index contributed by atoms with van der Waals surface area (Å²) >= 11 is 0. The van der Waals surface area contributed by atoms with Gasteiger partial charge in [0, 0.05) is 19.2 Å². The lowest BCUT2D eigenvalue weighted by atomic mass is 10.1. The van der Waals surface area contributed by atoms with Crippen molar-refractivity contribution >= 4 is 5.91 Å². The van der Waals surface area contributed by atoms with Gasteiger partial charge in [0.15, 0.2) is 0 Å². The Morgan fingerprint density at radius 1 is 1.48 bits per heavy atom. The first-order valence-electron chi connectivity index (χ1n) is 7.86. The SMILES string of the molecule is Cc1cccc(CNC(=O)CN2CCCC2CCCO)c1. The van der Waals surface area contributed by atoms with Crippen LogP contribution in [0.15, 0.2) is 24.3 Å². The molecule has 1 aliphatic rings. The molecule has 0 aromatic heterocycles. The van der Waals surface area contributed by atoms with Crippen molar-refractivity contribution in [1.82, 2.24) is 10.2 Å². The van der Waals surface area contributed by atoms with Crippen LogP contribution in [-0.4, -0.2) is 41.7 Å². The molecule has 4 nitrogen and oxygen atoms in total. The molecule has 2 rings (SSSR count). The number of hydrogen-bond acceptors (Lipinski definition) is 3. The number of benzene rings is 1. The molecule has 116 valence electrons. The average Bonchev–Trinajstić information content (AvgIpc) is 2.90. The lowest BCUT2D eigenvalue weighted by Gasteiger charge is -2.23. The summed E-state index contributed by atoms with van der Waals surface area (Å²) in [5.74, 6) is 0.0902. The van der Waals surface area contributed by atoms with Crippen LogP contribution < -0.4 is 5.32 Å². The van der Waals surface area contributed by atoms with Crippen molar-refractivity contribution < 1.29 is 9.90 Å². The number of aryl methyl sites for hydroxylation is 1. The summed E-state index contributed by atoms with van der Waals surface area (Å²) in [5.41, 5.74) is 2.35. The molecule has 0 radical (unpaired) electrons. The zero-order valence-corrected chi connectivity index (χ0v) is 12.8. The van der Waals surface area contributed by atoms with Gasteiger partial charge in [-0.25, -0.2) is 0 Å². The topological polar surface area (TPSA) is 52.6 Å². The van der Waals surface area contributed by atoms with E-state index in [0.29, 0.717) is 19.1 Å². The molecule has 1 aliphatic heterocycles. The van der Waals surface area contributed by atoms with E-state index in [2.05, 4.69) is 29.3 Å². The summed E-state index contributed by atoms with van der Waals surface area (Å²) in [4.78, 5) is 14.3. The summed E-state index contributed by atoms with van der Waals surface area (Å²) in [5, 5.41) is 11.9. The molecule has 4 heteroatoms. The Bertz CT molecular complexity index is 462. The van der Waals surface area contributed by atoms with E-state index in [0.717, 1.165) is 37.8 Å². The normalized spacial score (nSPS) is 18.9. The van der Waals surface area contributed by atoms with Gasteiger partial charge < -0.3 is 10.4 Å². The van der Waals surface area contributed by atoms with E-state index < -0.39 is 0 Å². The monoisotopic (exact) mass is 290 g/mol. The first-order chi connectivity index (χ1) is 10.2. The van der Waals surface area contributed by atoms with Crippen molar-refractivity contribution in [3.8, 4) is 0 Å². The first-order valence-corrected chi connectivity index (χ1v) is 7.86. The molecule has 0 bridgehead atoms. The number of aliphatic hydroxyl groups excluding tert-OH is 1. The summed E-state index contributed by atoms with van der Waals surface area (Å²) in [7, 11) is 0. The number of aliphatic hydroxyl groups is 1. The number of amides is 1. The lowest BCUT2D eigenvalue weighted by Crippen LogP contribution is -2.39. The van der Waals surface area contributed by atoms with Crippen molar-refractivity contribution in [3.63, 3.8) is 0 Å². The third-order valence-corrected chi connectivity index (χ3v) is 4.11. The molecule has 1 fully saturated rings. The van der Waals surface area contributed by atoms with Gasteiger partial charge in [-0.1, -0.05) is 29.8 Å². The van der Waals surface area contributed by atoms with Crippen LogP contribution in [0, 0.1) is 6.92 Å². The molecule has 1 unspecified atom stereocenters. The Balaban J connectivity index is 1.76. The number of hydrogen-bond donors (Lipinski definition) is 2. The summed E-state index contributed by atoms with van der Waals surface area (Å²) in [6.07, 6.45) is 4.11. The van der Waals surface area contributed by atoms with Crippen molar-refractivity contribution in [2.75, 3.05) is 19.7 Å². The highest BCUT2D eigenvalue weighted by atomic mass is 16.3. The smallest absolute Gasteiger partial charge is 0.234 e. The molecule has 2 N–H and O–H groups in total. The molecule has 0 spiro atoms. The molecule has 1 atom stereocenters. The van der Waals surface area contributed by atoms with Gasteiger partial charge in [-0.3, -0.25) is 9.69 Å². The lowest BCUT2D eigenvalue weighted by molar-refractivity contribution is -0.122. The van der Waals surface area contributed by atoms with Crippen LogP contribution in [0.1, 0.15) is 36.8 Å². The van der Waals surface area contributed by atoms with Gasteiger partial charge in [-0.05, 0) is 44.7 Å². The third-order valence-electron chi connectivity index (χ3n) is 4.11. The van der Waals surface area contributed by atoms with Gasteiger partial charge in [0.25, 0.3) is 0 Å². The minimum absolute atomic E-state index is 0.0902. The van der Waals surface area contributed by atoms with Crippen LogP contribution in [0.2, 0.25) is 0 Å². The molecule has 0 aliphatic carbocycles. The zero-order valence-electron chi connectivity index (χ0n) is 12.8. The van der Waals surface area contributed by atoms with Crippen molar-refractivity contribution in [1.29, 1.82) is 0 Å². The Morgan fingerprint density at radius 2 is 2.33 bits per heavy atom.